The minimum Gasteiger partial charge on any atom is -0.461 e. The molecule has 3 fully saturated rings. The second-order valence-corrected chi connectivity index (χ2v) is 20.3. The van der Waals surface area contributed by atoms with Gasteiger partial charge in [-0.15, -0.1) is 0 Å². The van der Waals surface area contributed by atoms with Crippen LogP contribution in [-0.4, -0.2) is 145 Å². The standard InChI is InChI=1S/C28H30F3N7O4.C25H26F3N7O4/c1-16-22-24(36-23(34-16)17-6-4-7-18(10-17)28(29,30)31)38(20-8-5-9-37(22)13-20)26(39)35-19-11-32-25(33-12-19)40-14-21-15-41-27(2,3)42-21;1-14-20-22(33-21(31-14)15-4-2-5-16(8-15)25(26,27)28)35(18-6-3-7-34(20)11-18)24(38)32-17-9-29-23(30-10-17)39-13-19(37)12-36/h4,6-7,10-12,20-21H,5,8-9,13-15H2,1-3H3,(H,35,39);2,4-5,8-10,18-19,36-37H,3,6-7,11-13H2,1H3,(H,32,38)/t20-,21-;18-,19+/m00/s1. The fourth-order valence-electron chi connectivity index (χ4n) is 10.2. The number of rotatable bonds is 11. The first-order valence-electron chi connectivity index (χ1n) is 25.9. The lowest BCUT2D eigenvalue weighted by molar-refractivity contribution is -0.141. The molecule has 0 unspecified atom stereocenters. The minimum absolute atomic E-state index is 0.0409. The van der Waals surface area contributed by atoms with Crippen LogP contribution in [0.15, 0.2) is 73.3 Å². The molecule has 3 saturated heterocycles. The molecule has 0 spiro atoms. The maximum Gasteiger partial charge on any atom is 0.416 e. The Kier molecular flexibility index (Phi) is 15.8. The Labute approximate surface area is 459 Å². The third kappa shape index (κ3) is 12.6. The first kappa shape index (κ1) is 56.2. The monoisotopic (exact) mass is 1130 g/mol. The highest BCUT2D eigenvalue weighted by Gasteiger charge is 2.42. The van der Waals surface area contributed by atoms with E-state index in [1.165, 1.54) is 54.0 Å². The van der Waals surface area contributed by atoms with E-state index >= 15 is 0 Å². The molecule has 11 rings (SSSR count). The summed E-state index contributed by atoms with van der Waals surface area (Å²) in [6.45, 7) is 9.83. The molecule has 6 aromatic rings. The Balaban J connectivity index is 0.000000182. The molecule has 5 aliphatic rings. The Morgan fingerprint density at radius 1 is 0.716 bits per heavy atom. The maximum absolute atomic E-state index is 13.7. The van der Waals surface area contributed by atoms with E-state index in [1.807, 2.05) is 13.8 Å². The van der Waals surface area contributed by atoms with Crippen molar-refractivity contribution < 1.29 is 65.1 Å². The summed E-state index contributed by atoms with van der Waals surface area (Å²) in [4.78, 5) is 69.3. The van der Waals surface area contributed by atoms with Crippen molar-refractivity contribution in [1.29, 1.82) is 0 Å². The smallest absolute Gasteiger partial charge is 0.416 e. The lowest BCUT2D eigenvalue weighted by Crippen LogP contribution is -2.56. The predicted octanol–water partition coefficient (Wildman–Crippen LogP) is 7.83. The molecule has 2 aromatic carbocycles. The largest absolute Gasteiger partial charge is 0.461 e. The van der Waals surface area contributed by atoms with Gasteiger partial charge in [0.25, 0.3) is 0 Å². The number of aromatic nitrogens is 8. The van der Waals surface area contributed by atoms with Crippen molar-refractivity contribution in [3.63, 3.8) is 0 Å². The van der Waals surface area contributed by atoms with Gasteiger partial charge in [0.05, 0.1) is 84.0 Å². The quantitative estimate of drug-likeness (QED) is 0.0902. The highest BCUT2D eigenvalue weighted by molar-refractivity contribution is 6.05. The van der Waals surface area contributed by atoms with Gasteiger partial charge in [-0.25, -0.2) is 49.5 Å². The number of piperidine rings is 2. The van der Waals surface area contributed by atoms with Crippen LogP contribution in [0.2, 0.25) is 0 Å². The molecule has 4 N–H and O–H groups in total. The van der Waals surface area contributed by atoms with Crippen LogP contribution in [0.4, 0.5) is 70.3 Å². The number of benzene rings is 2. The van der Waals surface area contributed by atoms with Crippen LogP contribution in [0.3, 0.4) is 0 Å². The molecule has 22 nitrogen and oxygen atoms in total. The van der Waals surface area contributed by atoms with Crippen LogP contribution in [-0.2, 0) is 21.8 Å². The number of anilines is 6. The number of nitrogens with zero attached hydrogens (tertiary/aromatic N) is 12. The number of aliphatic hydroxyl groups excluding tert-OH is 2. The van der Waals surface area contributed by atoms with Gasteiger partial charge in [0.2, 0.25) is 0 Å². The number of carbonyl (C=O) groups is 2. The molecule has 0 radical (unpaired) electrons. The fraction of sp³-hybridized carbons (Fsp3) is 0.434. The lowest BCUT2D eigenvalue weighted by Gasteiger charge is -2.46. The summed E-state index contributed by atoms with van der Waals surface area (Å²) in [5, 5.41) is 23.9. The summed E-state index contributed by atoms with van der Waals surface area (Å²) in [5.41, 5.74) is 1.91. The van der Waals surface area contributed by atoms with E-state index in [0.29, 0.717) is 59.8 Å². The molecular formula is C53H56F6N14O8. The molecule has 4 bridgehead atoms. The van der Waals surface area contributed by atoms with Crippen LogP contribution < -0.4 is 39.7 Å². The Bertz CT molecular complexity index is 3270. The van der Waals surface area contributed by atoms with Crippen LogP contribution in [0, 0.1) is 13.8 Å². The normalized spacial score (nSPS) is 19.4. The average Bonchev–Trinajstić information content (AvgIpc) is 3.51. The number of hydrogen-bond acceptors (Lipinski definition) is 18. The molecule has 428 valence electrons. The van der Waals surface area contributed by atoms with E-state index in [4.69, 9.17) is 24.1 Å². The van der Waals surface area contributed by atoms with E-state index in [-0.39, 0.29) is 71.9 Å². The molecule has 4 atom stereocenters. The van der Waals surface area contributed by atoms with E-state index < -0.39 is 54.0 Å². The molecule has 28 heteroatoms. The number of halogens is 6. The average molecular weight is 1130 g/mol. The number of carbonyl (C=O) groups excluding carboxylic acids is 2. The summed E-state index contributed by atoms with van der Waals surface area (Å²) in [7, 11) is 0. The van der Waals surface area contributed by atoms with Crippen molar-refractivity contribution >= 4 is 46.4 Å². The van der Waals surface area contributed by atoms with Crippen LogP contribution in [0.1, 0.15) is 62.0 Å². The highest BCUT2D eigenvalue weighted by atomic mass is 19.4. The Morgan fingerprint density at radius 3 is 1.59 bits per heavy atom. The summed E-state index contributed by atoms with van der Waals surface area (Å²) >= 11 is 0. The highest BCUT2D eigenvalue weighted by Crippen LogP contribution is 2.44. The molecule has 0 saturated carbocycles. The molecule has 9 heterocycles. The zero-order valence-electron chi connectivity index (χ0n) is 44.2. The van der Waals surface area contributed by atoms with E-state index in [0.717, 1.165) is 63.0 Å². The van der Waals surface area contributed by atoms with Crippen molar-refractivity contribution in [1.82, 2.24) is 39.9 Å². The predicted molar refractivity (Wildman–Crippen MR) is 281 cm³/mol. The zero-order chi connectivity index (χ0) is 57.4. The molecule has 4 amide bonds. The van der Waals surface area contributed by atoms with E-state index in [2.05, 4.69) is 60.3 Å². The van der Waals surface area contributed by atoms with Crippen molar-refractivity contribution in [2.24, 2.45) is 0 Å². The minimum atomic E-state index is -4.52. The molecule has 0 aliphatic carbocycles. The number of nitrogens with one attached hydrogen (secondary N) is 2. The Hall–Kier alpha value is -8.08. The van der Waals surface area contributed by atoms with Gasteiger partial charge in [-0.2, -0.15) is 26.3 Å². The third-order valence-corrected chi connectivity index (χ3v) is 13.9. The summed E-state index contributed by atoms with van der Waals surface area (Å²) in [5.74, 6) is 0.212. The van der Waals surface area contributed by atoms with Gasteiger partial charge in [0.1, 0.15) is 36.8 Å². The van der Waals surface area contributed by atoms with Gasteiger partial charge >= 0.3 is 36.4 Å². The van der Waals surface area contributed by atoms with Gasteiger partial charge in [0.15, 0.2) is 29.1 Å². The number of aryl methyl sites for hydroxylation is 2. The first-order valence-corrected chi connectivity index (χ1v) is 25.9. The molecule has 81 heavy (non-hydrogen) atoms. The maximum atomic E-state index is 13.7. The van der Waals surface area contributed by atoms with Crippen molar-refractivity contribution in [2.75, 3.05) is 82.8 Å². The number of amides is 4. The number of fused-ring (bicyclic) bond motifs is 8. The summed E-state index contributed by atoms with van der Waals surface area (Å²) in [6.07, 6.45) is -1.62. The van der Waals surface area contributed by atoms with Crippen molar-refractivity contribution in [3.8, 4) is 34.8 Å². The van der Waals surface area contributed by atoms with Gasteiger partial charge in [-0.05, 0) is 77.6 Å². The van der Waals surface area contributed by atoms with Gasteiger partial charge < -0.3 is 49.6 Å². The van der Waals surface area contributed by atoms with Gasteiger partial charge in [0, 0.05) is 37.3 Å². The van der Waals surface area contributed by atoms with E-state index in [1.54, 1.807) is 18.7 Å². The zero-order valence-corrected chi connectivity index (χ0v) is 44.2. The van der Waals surface area contributed by atoms with Gasteiger partial charge in [-0.1, -0.05) is 24.3 Å². The van der Waals surface area contributed by atoms with Gasteiger partial charge in [-0.3, -0.25) is 9.80 Å². The van der Waals surface area contributed by atoms with Crippen molar-refractivity contribution in [3.05, 3.63) is 95.8 Å². The van der Waals surface area contributed by atoms with Crippen molar-refractivity contribution in [2.45, 2.75) is 95.8 Å². The molecule has 5 aliphatic heterocycles. The molecular weight excluding hydrogens is 1070 g/mol. The second-order valence-electron chi connectivity index (χ2n) is 20.3. The third-order valence-electron chi connectivity index (χ3n) is 13.9. The SMILES string of the molecule is Cc1nc(-c2cccc(C(F)(F)F)c2)nc2c1N1CCC[C@@H](C1)N2C(=O)Nc1cnc(OC[C@H](O)CO)nc1.Cc1nc(-c2cccc(C(F)(F)F)c2)nc2c1N1CCC[C@@H](C1)N2C(=O)Nc1cnc(OC[C@H]2COC(C)(C)O2)nc1. The fourth-order valence-corrected chi connectivity index (χ4v) is 10.2. The summed E-state index contributed by atoms with van der Waals surface area (Å²) < 4.78 is 102. The number of hydrogen-bond donors (Lipinski definition) is 4. The molecule has 4 aromatic heterocycles. The van der Waals surface area contributed by atoms with Crippen LogP contribution >= 0.6 is 0 Å². The number of alkyl halides is 6. The number of ether oxygens (including phenoxy) is 4. The summed E-state index contributed by atoms with van der Waals surface area (Å²) in [6, 6.07) is 8.40. The van der Waals surface area contributed by atoms with E-state index in [9.17, 15) is 41.0 Å². The topological polar surface area (TPSA) is 252 Å². The second kappa shape index (κ2) is 22.8. The first-order chi connectivity index (χ1) is 38.6. The van der Waals surface area contributed by atoms with Crippen LogP contribution in [0.25, 0.3) is 22.8 Å². The number of urea groups is 2. The van der Waals surface area contributed by atoms with Crippen LogP contribution in [0.5, 0.6) is 12.0 Å². The lowest BCUT2D eigenvalue weighted by atomic mass is 9.99. The number of aliphatic hydroxyl groups is 2. The Morgan fingerprint density at radius 2 is 1.17 bits per heavy atom.